The van der Waals surface area contributed by atoms with Gasteiger partial charge in [0.2, 0.25) is 5.91 Å². The number of hydrogen-bond acceptors (Lipinski definition) is 5. The van der Waals surface area contributed by atoms with Crippen molar-refractivity contribution in [3.63, 3.8) is 0 Å². The Kier molecular flexibility index (Phi) is 5.48. The van der Waals surface area contributed by atoms with Gasteiger partial charge in [-0.25, -0.2) is 0 Å². The molecule has 1 aromatic carbocycles. The molecule has 1 aromatic heterocycles. The van der Waals surface area contributed by atoms with Crippen LogP contribution in [-0.2, 0) is 17.4 Å². The molecule has 0 bridgehead atoms. The zero-order valence-electron chi connectivity index (χ0n) is 14.8. The molecule has 1 aliphatic rings. The van der Waals surface area contributed by atoms with E-state index < -0.39 is 23.6 Å². The van der Waals surface area contributed by atoms with Crippen LogP contribution in [0.2, 0.25) is 0 Å². The molecule has 2 amide bonds. The van der Waals surface area contributed by atoms with Crippen LogP contribution < -0.4 is 10.6 Å². The average Bonchev–Trinajstić information content (AvgIpc) is 2.67. The van der Waals surface area contributed by atoms with Crippen LogP contribution in [0.4, 0.5) is 19.0 Å². The third-order valence-corrected chi connectivity index (χ3v) is 4.41. The summed E-state index contributed by atoms with van der Waals surface area (Å²) in [7, 11) is 0. The summed E-state index contributed by atoms with van der Waals surface area (Å²) >= 11 is 0. The van der Waals surface area contributed by atoms with Gasteiger partial charge in [-0.1, -0.05) is 12.1 Å². The first-order valence-electron chi connectivity index (χ1n) is 8.57. The number of halogens is 3. The van der Waals surface area contributed by atoms with Gasteiger partial charge in [-0.3, -0.25) is 9.59 Å². The minimum absolute atomic E-state index is 0.00578. The van der Waals surface area contributed by atoms with Crippen molar-refractivity contribution < 1.29 is 22.8 Å². The second-order valence-corrected chi connectivity index (χ2v) is 6.35. The van der Waals surface area contributed by atoms with E-state index in [9.17, 15) is 22.8 Å². The summed E-state index contributed by atoms with van der Waals surface area (Å²) in [5.74, 6) is -0.584. The molecular formula is C18H18F3N5O2. The van der Waals surface area contributed by atoms with Gasteiger partial charge in [-0.2, -0.15) is 18.3 Å². The van der Waals surface area contributed by atoms with E-state index in [1.54, 1.807) is 12.1 Å². The Labute approximate surface area is 158 Å². The van der Waals surface area contributed by atoms with E-state index in [0.29, 0.717) is 24.6 Å². The molecule has 0 unspecified atom stereocenters. The van der Waals surface area contributed by atoms with Crippen LogP contribution in [0.1, 0.15) is 21.6 Å². The summed E-state index contributed by atoms with van der Waals surface area (Å²) < 4.78 is 39.4. The predicted octanol–water partition coefficient (Wildman–Crippen LogP) is 1.49. The second kappa shape index (κ2) is 7.83. The monoisotopic (exact) mass is 393 g/mol. The number of nitrogens with two attached hydrogens (primary N) is 1. The highest BCUT2D eigenvalue weighted by atomic mass is 19.4. The number of primary amides is 1. The van der Waals surface area contributed by atoms with Crippen molar-refractivity contribution in [3.8, 4) is 0 Å². The molecule has 3 rings (SSSR count). The molecule has 0 spiro atoms. The van der Waals surface area contributed by atoms with Crippen LogP contribution >= 0.6 is 0 Å². The summed E-state index contributed by atoms with van der Waals surface area (Å²) in [6.07, 6.45) is -4.59. The molecule has 1 aliphatic heterocycles. The largest absolute Gasteiger partial charge is 0.417 e. The standard InChI is InChI=1S/C18H18F3N5O2/c19-18(20,21)14-4-2-1-3-13(14)17(28)26-9-7-25(8-10-26)16-6-5-12(23-24-16)11-15(22)27/h1-6H,7-11H2,(H2,22,27). The summed E-state index contributed by atoms with van der Waals surface area (Å²) in [5, 5.41) is 7.98. The number of rotatable bonds is 4. The Morgan fingerprint density at radius 2 is 1.68 bits per heavy atom. The fraction of sp³-hybridized carbons (Fsp3) is 0.333. The lowest BCUT2D eigenvalue weighted by Gasteiger charge is -2.35. The highest BCUT2D eigenvalue weighted by Gasteiger charge is 2.36. The van der Waals surface area contributed by atoms with E-state index in [4.69, 9.17) is 5.73 Å². The third-order valence-electron chi connectivity index (χ3n) is 4.41. The van der Waals surface area contributed by atoms with Gasteiger partial charge in [-0.15, -0.1) is 5.10 Å². The van der Waals surface area contributed by atoms with Crippen molar-refractivity contribution >= 4 is 17.6 Å². The Morgan fingerprint density at radius 1 is 1.00 bits per heavy atom. The summed E-state index contributed by atoms with van der Waals surface area (Å²) in [6, 6.07) is 8.12. The molecule has 0 aliphatic carbocycles. The molecule has 2 aromatic rings. The van der Waals surface area contributed by atoms with Crippen LogP contribution in [0.15, 0.2) is 36.4 Å². The van der Waals surface area contributed by atoms with E-state index in [1.807, 2.05) is 4.90 Å². The molecule has 10 heteroatoms. The van der Waals surface area contributed by atoms with Crippen molar-refractivity contribution in [1.82, 2.24) is 15.1 Å². The van der Waals surface area contributed by atoms with Gasteiger partial charge in [0.1, 0.15) is 0 Å². The van der Waals surface area contributed by atoms with Crippen LogP contribution in [0.5, 0.6) is 0 Å². The molecular weight excluding hydrogens is 375 g/mol. The Morgan fingerprint density at radius 3 is 2.25 bits per heavy atom. The minimum Gasteiger partial charge on any atom is -0.369 e. The second-order valence-electron chi connectivity index (χ2n) is 6.35. The van der Waals surface area contributed by atoms with E-state index in [1.165, 1.54) is 23.1 Å². The zero-order valence-corrected chi connectivity index (χ0v) is 14.8. The maximum absolute atomic E-state index is 13.1. The fourth-order valence-corrected chi connectivity index (χ4v) is 3.02. The van der Waals surface area contributed by atoms with Crippen LogP contribution in [-0.4, -0.2) is 53.1 Å². The van der Waals surface area contributed by atoms with Crippen molar-refractivity contribution in [1.29, 1.82) is 0 Å². The summed E-state index contributed by atoms with van der Waals surface area (Å²) in [6.45, 7) is 1.33. The molecule has 1 saturated heterocycles. The maximum atomic E-state index is 13.1. The predicted molar refractivity (Wildman–Crippen MR) is 94.5 cm³/mol. The summed E-state index contributed by atoms with van der Waals surface area (Å²) in [4.78, 5) is 26.8. The first-order chi connectivity index (χ1) is 13.3. The third kappa shape index (κ3) is 4.38. The SMILES string of the molecule is NC(=O)Cc1ccc(N2CCN(C(=O)c3ccccc3C(F)(F)F)CC2)nn1. The molecule has 0 saturated carbocycles. The van der Waals surface area contributed by atoms with E-state index >= 15 is 0 Å². The van der Waals surface area contributed by atoms with Gasteiger partial charge >= 0.3 is 6.18 Å². The number of carbonyl (C=O) groups excluding carboxylic acids is 2. The Bertz CT molecular complexity index is 862. The number of amides is 2. The molecule has 1 fully saturated rings. The highest BCUT2D eigenvalue weighted by molar-refractivity contribution is 5.96. The molecule has 0 radical (unpaired) electrons. The minimum atomic E-state index is -4.59. The zero-order chi connectivity index (χ0) is 20.3. The smallest absolute Gasteiger partial charge is 0.369 e. The van der Waals surface area contributed by atoms with Crippen molar-refractivity contribution in [2.24, 2.45) is 5.73 Å². The number of alkyl halides is 3. The molecule has 148 valence electrons. The number of carbonyl (C=O) groups is 2. The molecule has 0 atom stereocenters. The topological polar surface area (TPSA) is 92.4 Å². The highest BCUT2D eigenvalue weighted by Crippen LogP contribution is 2.32. The molecule has 7 nitrogen and oxygen atoms in total. The maximum Gasteiger partial charge on any atom is 0.417 e. The first kappa shape index (κ1) is 19.6. The lowest BCUT2D eigenvalue weighted by molar-refractivity contribution is -0.138. The van der Waals surface area contributed by atoms with Gasteiger partial charge in [0.15, 0.2) is 5.82 Å². The van der Waals surface area contributed by atoms with Gasteiger partial charge < -0.3 is 15.5 Å². The lowest BCUT2D eigenvalue weighted by Crippen LogP contribution is -2.49. The summed E-state index contributed by atoms with van der Waals surface area (Å²) in [5.41, 5.74) is 4.28. The van der Waals surface area contributed by atoms with Gasteiger partial charge in [-0.05, 0) is 24.3 Å². The number of aromatic nitrogens is 2. The number of nitrogens with zero attached hydrogens (tertiary/aromatic N) is 4. The number of piperazine rings is 1. The normalized spacial score (nSPS) is 14.8. The van der Waals surface area contributed by atoms with Crippen molar-refractivity contribution in [3.05, 3.63) is 53.2 Å². The quantitative estimate of drug-likeness (QED) is 0.850. The Balaban J connectivity index is 1.66. The molecule has 2 N–H and O–H groups in total. The van der Waals surface area contributed by atoms with Crippen LogP contribution in [0, 0.1) is 0 Å². The van der Waals surface area contributed by atoms with Crippen molar-refractivity contribution in [2.45, 2.75) is 12.6 Å². The van der Waals surface area contributed by atoms with Crippen LogP contribution in [0.25, 0.3) is 0 Å². The first-order valence-corrected chi connectivity index (χ1v) is 8.57. The lowest BCUT2D eigenvalue weighted by atomic mass is 10.1. The molecule has 28 heavy (non-hydrogen) atoms. The van der Waals surface area contributed by atoms with Gasteiger partial charge in [0.05, 0.1) is 23.2 Å². The van der Waals surface area contributed by atoms with E-state index in [0.717, 1.165) is 6.07 Å². The molecule has 2 heterocycles. The number of hydrogen-bond donors (Lipinski definition) is 1. The fourth-order valence-electron chi connectivity index (χ4n) is 3.02. The Hall–Kier alpha value is -3.17. The number of benzene rings is 1. The average molecular weight is 393 g/mol. The van der Waals surface area contributed by atoms with Gasteiger partial charge in [0.25, 0.3) is 5.91 Å². The number of anilines is 1. The van der Waals surface area contributed by atoms with Crippen LogP contribution in [0.3, 0.4) is 0 Å². The van der Waals surface area contributed by atoms with Crippen molar-refractivity contribution in [2.75, 3.05) is 31.1 Å². The van der Waals surface area contributed by atoms with Gasteiger partial charge in [0, 0.05) is 26.2 Å². The van der Waals surface area contributed by atoms with E-state index in [-0.39, 0.29) is 25.1 Å². The van der Waals surface area contributed by atoms with E-state index in [2.05, 4.69) is 10.2 Å².